The highest BCUT2D eigenvalue weighted by Crippen LogP contribution is 2.26. The third-order valence-corrected chi connectivity index (χ3v) is 4.32. The number of nitrogens with zero attached hydrogens (tertiary/aromatic N) is 3. The van der Waals surface area contributed by atoms with Gasteiger partial charge >= 0.3 is 5.97 Å². The minimum absolute atomic E-state index is 0.328. The summed E-state index contributed by atoms with van der Waals surface area (Å²) in [6.07, 6.45) is 0. The molecular formula is C14H20N4O2S. The normalized spacial score (nSPS) is 10.7. The van der Waals surface area contributed by atoms with Crippen molar-refractivity contribution in [3.63, 3.8) is 0 Å². The van der Waals surface area contributed by atoms with E-state index in [0.717, 1.165) is 22.0 Å². The lowest BCUT2D eigenvalue weighted by atomic mass is 10.2. The van der Waals surface area contributed by atoms with Crippen molar-refractivity contribution in [2.45, 2.75) is 34.2 Å². The van der Waals surface area contributed by atoms with Gasteiger partial charge in [0.15, 0.2) is 0 Å². The van der Waals surface area contributed by atoms with Gasteiger partial charge in [-0.25, -0.2) is 4.79 Å². The largest absolute Gasteiger partial charge is 0.462 e. The fourth-order valence-corrected chi connectivity index (χ4v) is 2.95. The predicted octanol–water partition coefficient (Wildman–Crippen LogP) is 2.59. The molecule has 7 heteroatoms. The van der Waals surface area contributed by atoms with Crippen LogP contribution in [0.25, 0.3) is 0 Å². The molecule has 0 aliphatic rings. The van der Waals surface area contributed by atoms with E-state index in [-0.39, 0.29) is 5.97 Å². The Morgan fingerprint density at radius 2 is 2.05 bits per heavy atom. The average Bonchev–Trinajstić information content (AvgIpc) is 2.90. The van der Waals surface area contributed by atoms with Crippen LogP contribution in [0.2, 0.25) is 0 Å². The van der Waals surface area contributed by atoms with Crippen LogP contribution in [0.4, 0.5) is 5.00 Å². The van der Waals surface area contributed by atoms with Crippen molar-refractivity contribution in [1.29, 1.82) is 0 Å². The standard InChI is InChI=1S/C14H20N4O2S/c1-6-20-14(19)12-9(3)17-21-13(12)15-7-11-8(2)16-18(5)10(11)4/h15H,6-7H2,1-5H3. The van der Waals surface area contributed by atoms with E-state index in [4.69, 9.17) is 4.74 Å². The van der Waals surface area contributed by atoms with Crippen molar-refractivity contribution in [2.75, 3.05) is 11.9 Å². The molecule has 0 aliphatic heterocycles. The number of rotatable bonds is 5. The van der Waals surface area contributed by atoms with Crippen LogP contribution in [-0.2, 0) is 18.3 Å². The molecule has 0 bridgehead atoms. The highest BCUT2D eigenvalue weighted by Gasteiger charge is 2.20. The molecule has 0 saturated carbocycles. The molecule has 0 amide bonds. The van der Waals surface area contributed by atoms with E-state index >= 15 is 0 Å². The van der Waals surface area contributed by atoms with Gasteiger partial charge in [0.2, 0.25) is 0 Å². The van der Waals surface area contributed by atoms with E-state index < -0.39 is 0 Å². The Balaban J connectivity index is 2.19. The lowest BCUT2D eigenvalue weighted by molar-refractivity contribution is 0.0527. The van der Waals surface area contributed by atoms with Gasteiger partial charge in [-0.05, 0) is 39.2 Å². The molecule has 0 aromatic carbocycles. The molecule has 0 unspecified atom stereocenters. The molecule has 0 fully saturated rings. The van der Waals surface area contributed by atoms with Gasteiger partial charge < -0.3 is 10.1 Å². The molecule has 2 aromatic rings. The number of aryl methyl sites for hydroxylation is 3. The van der Waals surface area contributed by atoms with Crippen LogP contribution < -0.4 is 5.32 Å². The van der Waals surface area contributed by atoms with Gasteiger partial charge in [0.05, 0.1) is 18.0 Å². The summed E-state index contributed by atoms with van der Waals surface area (Å²) in [5.41, 5.74) is 4.46. The number of hydrogen-bond donors (Lipinski definition) is 1. The number of anilines is 1. The fraction of sp³-hybridized carbons (Fsp3) is 0.500. The van der Waals surface area contributed by atoms with Crippen molar-refractivity contribution in [1.82, 2.24) is 14.2 Å². The molecule has 21 heavy (non-hydrogen) atoms. The number of carbonyl (C=O) groups is 1. The minimum Gasteiger partial charge on any atom is -0.462 e. The monoisotopic (exact) mass is 308 g/mol. The second-order valence-electron chi connectivity index (χ2n) is 4.82. The molecular weight excluding hydrogens is 288 g/mol. The molecule has 2 rings (SSSR count). The van der Waals surface area contributed by atoms with Gasteiger partial charge in [0, 0.05) is 24.8 Å². The molecule has 0 radical (unpaired) electrons. The number of aromatic nitrogens is 3. The molecule has 114 valence electrons. The Labute approximate surface area is 128 Å². The number of hydrogen-bond acceptors (Lipinski definition) is 6. The Morgan fingerprint density at radius 3 is 2.62 bits per heavy atom. The average molecular weight is 308 g/mol. The first-order valence-electron chi connectivity index (χ1n) is 6.82. The summed E-state index contributed by atoms with van der Waals surface area (Å²) < 4.78 is 11.2. The van der Waals surface area contributed by atoms with Crippen molar-refractivity contribution < 1.29 is 9.53 Å². The molecule has 2 aromatic heterocycles. The van der Waals surface area contributed by atoms with Crippen molar-refractivity contribution in [3.8, 4) is 0 Å². The quantitative estimate of drug-likeness (QED) is 0.860. The van der Waals surface area contributed by atoms with Gasteiger partial charge in [-0.15, -0.1) is 0 Å². The van der Waals surface area contributed by atoms with E-state index in [9.17, 15) is 4.79 Å². The summed E-state index contributed by atoms with van der Waals surface area (Å²) in [6, 6.07) is 0. The highest BCUT2D eigenvalue weighted by atomic mass is 32.1. The van der Waals surface area contributed by atoms with Crippen LogP contribution in [-0.4, -0.2) is 26.7 Å². The first kappa shape index (κ1) is 15.5. The maximum Gasteiger partial charge on any atom is 0.343 e. The molecule has 0 saturated heterocycles. The van der Waals surface area contributed by atoms with E-state index in [0.29, 0.717) is 24.4 Å². The zero-order valence-corrected chi connectivity index (χ0v) is 13.8. The van der Waals surface area contributed by atoms with Crippen LogP contribution >= 0.6 is 11.5 Å². The predicted molar refractivity (Wildman–Crippen MR) is 82.8 cm³/mol. The van der Waals surface area contributed by atoms with Crippen LogP contribution in [0.1, 0.15) is 39.9 Å². The maximum absolute atomic E-state index is 12.0. The molecule has 0 atom stereocenters. The van der Waals surface area contributed by atoms with Crippen LogP contribution in [0.3, 0.4) is 0 Å². The van der Waals surface area contributed by atoms with Crippen LogP contribution in [0.5, 0.6) is 0 Å². The summed E-state index contributed by atoms with van der Waals surface area (Å²) in [5.74, 6) is -0.328. The lowest BCUT2D eigenvalue weighted by Gasteiger charge is -2.07. The third kappa shape index (κ3) is 3.07. The molecule has 2 heterocycles. The van der Waals surface area contributed by atoms with Crippen LogP contribution in [0.15, 0.2) is 0 Å². The van der Waals surface area contributed by atoms with Gasteiger partial charge in [-0.3, -0.25) is 4.68 Å². The second kappa shape index (κ2) is 6.26. The number of ether oxygens (including phenoxy) is 1. The Kier molecular flexibility index (Phi) is 4.62. The van der Waals surface area contributed by atoms with E-state index in [2.05, 4.69) is 14.8 Å². The zero-order valence-electron chi connectivity index (χ0n) is 13.0. The van der Waals surface area contributed by atoms with Crippen molar-refractivity contribution in [3.05, 3.63) is 28.2 Å². The van der Waals surface area contributed by atoms with Crippen molar-refractivity contribution in [2.24, 2.45) is 7.05 Å². The number of nitrogens with one attached hydrogen (secondary N) is 1. The summed E-state index contributed by atoms with van der Waals surface area (Å²) in [7, 11) is 1.92. The Morgan fingerprint density at radius 1 is 1.33 bits per heavy atom. The summed E-state index contributed by atoms with van der Waals surface area (Å²) in [4.78, 5) is 12.0. The fourth-order valence-electron chi connectivity index (χ4n) is 2.18. The summed E-state index contributed by atoms with van der Waals surface area (Å²) >= 11 is 1.28. The number of carbonyl (C=O) groups excluding carboxylic acids is 1. The Hall–Kier alpha value is -1.89. The second-order valence-corrected chi connectivity index (χ2v) is 5.59. The van der Waals surface area contributed by atoms with E-state index in [1.54, 1.807) is 6.92 Å². The minimum atomic E-state index is -0.328. The molecule has 0 aliphatic carbocycles. The number of esters is 1. The van der Waals surface area contributed by atoms with Gasteiger partial charge in [-0.2, -0.15) is 9.47 Å². The van der Waals surface area contributed by atoms with E-state index in [1.165, 1.54) is 11.5 Å². The van der Waals surface area contributed by atoms with Crippen molar-refractivity contribution >= 4 is 22.5 Å². The smallest absolute Gasteiger partial charge is 0.343 e. The first-order chi connectivity index (χ1) is 9.95. The molecule has 0 spiro atoms. The zero-order chi connectivity index (χ0) is 15.6. The third-order valence-electron chi connectivity index (χ3n) is 3.43. The summed E-state index contributed by atoms with van der Waals surface area (Å²) in [6.45, 7) is 8.58. The first-order valence-corrected chi connectivity index (χ1v) is 7.59. The van der Waals surface area contributed by atoms with Gasteiger partial charge in [-0.1, -0.05) is 0 Å². The topological polar surface area (TPSA) is 69.0 Å². The summed E-state index contributed by atoms with van der Waals surface area (Å²) in [5, 5.41) is 8.42. The SMILES string of the molecule is CCOC(=O)c1c(C)nsc1NCc1c(C)nn(C)c1C. The van der Waals surface area contributed by atoms with Crippen LogP contribution in [0, 0.1) is 20.8 Å². The highest BCUT2D eigenvalue weighted by molar-refractivity contribution is 7.10. The Bertz CT molecular complexity index is 660. The molecule has 1 N–H and O–H groups in total. The van der Waals surface area contributed by atoms with Gasteiger partial charge in [0.1, 0.15) is 10.6 Å². The maximum atomic E-state index is 12.0. The van der Waals surface area contributed by atoms with Gasteiger partial charge in [0.25, 0.3) is 0 Å². The lowest BCUT2D eigenvalue weighted by Crippen LogP contribution is -2.09. The molecule has 6 nitrogen and oxygen atoms in total. The van der Waals surface area contributed by atoms with E-state index in [1.807, 2.05) is 32.5 Å².